The minimum Gasteiger partial charge on any atom is -0.314 e. The lowest BCUT2D eigenvalue weighted by Gasteiger charge is -2.33. The second-order valence-corrected chi connectivity index (χ2v) is 5.95. The lowest BCUT2D eigenvalue weighted by atomic mass is 9.75. The Bertz CT molecular complexity index is 325. The van der Waals surface area contributed by atoms with Gasteiger partial charge in [0, 0.05) is 22.5 Å². The molecule has 0 aliphatic carbocycles. The van der Waals surface area contributed by atoms with Gasteiger partial charge in [0.2, 0.25) is 0 Å². The molecule has 1 N–H and O–H groups in total. The summed E-state index contributed by atoms with van der Waals surface area (Å²) < 4.78 is 1.15. The van der Waals surface area contributed by atoms with Crippen molar-refractivity contribution >= 4 is 15.9 Å². The topological polar surface area (TPSA) is 12.0 Å². The van der Waals surface area contributed by atoms with E-state index in [-0.39, 0.29) is 5.41 Å². The van der Waals surface area contributed by atoms with Gasteiger partial charge in [-0.05, 0) is 30.5 Å². The molecular formula is C15H24BrN. The fourth-order valence-electron chi connectivity index (χ4n) is 2.21. The van der Waals surface area contributed by atoms with Crippen LogP contribution >= 0.6 is 15.9 Å². The van der Waals surface area contributed by atoms with E-state index >= 15 is 0 Å². The van der Waals surface area contributed by atoms with Crippen molar-refractivity contribution in [2.75, 3.05) is 6.54 Å². The van der Waals surface area contributed by atoms with E-state index in [2.05, 4.69) is 73.2 Å². The number of hydrogen-bond acceptors (Lipinski definition) is 1. The van der Waals surface area contributed by atoms with Crippen LogP contribution in [0.5, 0.6) is 0 Å². The first-order valence-corrected chi connectivity index (χ1v) is 7.33. The normalized spacial score (nSPS) is 12.1. The highest BCUT2D eigenvalue weighted by Gasteiger charge is 2.28. The van der Waals surface area contributed by atoms with Crippen LogP contribution in [-0.2, 0) is 5.41 Å². The summed E-state index contributed by atoms with van der Waals surface area (Å²) in [7, 11) is 0. The van der Waals surface area contributed by atoms with Crippen LogP contribution in [0.25, 0.3) is 0 Å². The molecule has 0 atom stereocenters. The van der Waals surface area contributed by atoms with Gasteiger partial charge in [0.05, 0.1) is 0 Å². The quantitative estimate of drug-likeness (QED) is 0.815. The zero-order valence-corrected chi connectivity index (χ0v) is 13.0. The average molecular weight is 298 g/mol. The molecule has 1 aromatic rings. The van der Waals surface area contributed by atoms with Gasteiger partial charge in [-0.15, -0.1) is 0 Å². The van der Waals surface area contributed by atoms with Crippen LogP contribution in [0, 0.1) is 0 Å². The summed E-state index contributed by atoms with van der Waals surface area (Å²) in [6.07, 6.45) is 2.34. The van der Waals surface area contributed by atoms with Crippen LogP contribution in [-0.4, -0.2) is 12.6 Å². The summed E-state index contributed by atoms with van der Waals surface area (Å²) in [6.45, 7) is 10.0. The minimum atomic E-state index is 0.269. The molecule has 0 aliphatic rings. The number of benzene rings is 1. The van der Waals surface area contributed by atoms with Gasteiger partial charge in [0.25, 0.3) is 0 Å². The van der Waals surface area contributed by atoms with E-state index in [0.717, 1.165) is 11.0 Å². The van der Waals surface area contributed by atoms with Crippen LogP contribution in [0.2, 0.25) is 0 Å². The average Bonchev–Trinajstić information content (AvgIpc) is 2.32. The van der Waals surface area contributed by atoms with Crippen LogP contribution in [0.3, 0.4) is 0 Å². The van der Waals surface area contributed by atoms with Crippen molar-refractivity contribution < 1.29 is 0 Å². The first kappa shape index (κ1) is 14.7. The highest BCUT2D eigenvalue weighted by molar-refractivity contribution is 9.10. The zero-order valence-electron chi connectivity index (χ0n) is 11.4. The molecule has 0 aromatic heterocycles. The number of rotatable bonds is 6. The number of nitrogens with one attached hydrogen (secondary N) is 1. The van der Waals surface area contributed by atoms with Crippen molar-refractivity contribution in [2.24, 2.45) is 0 Å². The molecule has 0 saturated heterocycles. The van der Waals surface area contributed by atoms with Gasteiger partial charge in [-0.1, -0.05) is 55.8 Å². The molecule has 0 aliphatic heterocycles. The molecule has 0 amide bonds. The standard InChI is InChI=1S/C15H24BrN/c1-5-15(6-2,11-17-12(3)4)13-7-9-14(16)10-8-13/h7-10,12,17H,5-6,11H2,1-4H3. The van der Waals surface area contributed by atoms with E-state index in [9.17, 15) is 0 Å². The highest BCUT2D eigenvalue weighted by Crippen LogP contribution is 2.31. The van der Waals surface area contributed by atoms with E-state index in [0.29, 0.717) is 6.04 Å². The van der Waals surface area contributed by atoms with E-state index in [1.54, 1.807) is 0 Å². The van der Waals surface area contributed by atoms with Crippen LogP contribution in [0.1, 0.15) is 46.1 Å². The summed E-state index contributed by atoms with van der Waals surface area (Å²) in [5, 5.41) is 3.59. The summed E-state index contributed by atoms with van der Waals surface area (Å²) in [5.74, 6) is 0. The third kappa shape index (κ3) is 3.82. The molecular weight excluding hydrogens is 274 g/mol. The molecule has 1 rings (SSSR count). The summed E-state index contributed by atoms with van der Waals surface area (Å²) in [4.78, 5) is 0. The predicted molar refractivity (Wildman–Crippen MR) is 79.5 cm³/mol. The molecule has 17 heavy (non-hydrogen) atoms. The number of halogens is 1. The Morgan fingerprint density at radius 2 is 1.65 bits per heavy atom. The highest BCUT2D eigenvalue weighted by atomic mass is 79.9. The maximum Gasteiger partial charge on any atom is 0.0175 e. The smallest absolute Gasteiger partial charge is 0.0175 e. The van der Waals surface area contributed by atoms with E-state index in [4.69, 9.17) is 0 Å². The molecule has 0 radical (unpaired) electrons. The molecule has 0 unspecified atom stereocenters. The zero-order chi connectivity index (χ0) is 12.9. The van der Waals surface area contributed by atoms with Gasteiger partial charge in [-0.3, -0.25) is 0 Å². The molecule has 0 saturated carbocycles. The largest absolute Gasteiger partial charge is 0.314 e. The van der Waals surface area contributed by atoms with Gasteiger partial charge in [-0.25, -0.2) is 0 Å². The maximum absolute atomic E-state index is 3.59. The van der Waals surface area contributed by atoms with Gasteiger partial charge in [0.15, 0.2) is 0 Å². The number of hydrogen-bond donors (Lipinski definition) is 1. The first-order valence-electron chi connectivity index (χ1n) is 6.53. The van der Waals surface area contributed by atoms with Crippen molar-refractivity contribution in [2.45, 2.75) is 52.0 Å². The van der Waals surface area contributed by atoms with Crippen LogP contribution in [0.15, 0.2) is 28.7 Å². The van der Waals surface area contributed by atoms with Crippen molar-refractivity contribution in [3.05, 3.63) is 34.3 Å². The fraction of sp³-hybridized carbons (Fsp3) is 0.600. The predicted octanol–water partition coefficient (Wildman–Crippen LogP) is 4.50. The van der Waals surface area contributed by atoms with Gasteiger partial charge < -0.3 is 5.32 Å². The monoisotopic (exact) mass is 297 g/mol. The second-order valence-electron chi connectivity index (χ2n) is 5.03. The third-order valence-corrected chi connectivity index (χ3v) is 4.19. The van der Waals surface area contributed by atoms with Crippen molar-refractivity contribution in [3.8, 4) is 0 Å². The Balaban J connectivity index is 2.93. The molecule has 0 fully saturated rings. The molecule has 1 aromatic carbocycles. The Kier molecular flexibility index (Phi) is 5.68. The van der Waals surface area contributed by atoms with E-state index in [1.165, 1.54) is 18.4 Å². The lowest BCUT2D eigenvalue weighted by Crippen LogP contribution is -2.40. The summed E-state index contributed by atoms with van der Waals surface area (Å²) in [5.41, 5.74) is 1.71. The molecule has 0 heterocycles. The first-order chi connectivity index (χ1) is 8.04. The molecule has 1 nitrogen and oxygen atoms in total. The lowest BCUT2D eigenvalue weighted by molar-refractivity contribution is 0.355. The van der Waals surface area contributed by atoms with E-state index in [1.807, 2.05) is 0 Å². The maximum atomic E-state index is 3.59. The van der Waals surface area contributed by atoms with Gasteiger partial charge in [0.1, 0.15) is 0 Å². The van der Waals surface area contributed by atoms with Gasteiger partial charge >= 0.3 is 0 Å². The Morgan fingerprint density at radius 1 is 1.12 bits per heavy atom. The SMILES string of the molecule is CCC(CC)(CNC(C)C)c1ccc(Br)cc1. The van der Waals surface area contributed by atoms with Crippen molar-refractivity contribution in [1.29, 1.82) is 0 Å². The molecule has 0 spiro atoms. The third-order valence-electron chi connectivity index (χ3n) is 3.66. The van der Waals surface area contributed by atoms with Crippen LogP contribution in [0.4, 0.5) is 0 Å². The summed E-state index contributed by atoms with van der Waals surface area (Å²) in [6, 6.07) is 9.33. The van der Waals surface area contributed by atoms with Gasteiger partial charge in [-0.2, -0.15) is 0 Å². The van der Waals surface area contributed by atoms with Crippen molar-refractivity contribution in [3.63, 3.8) is 0 Å². The van der Waals surface area contributed by atoms with E-state index < -0.39 is 0 Å². The molecule has 0 bridgehead atoms. The molecule has 96 valence electrons. The van der Waals surface area contributed by atoms with Crippen LogP contribution < -0.4 is 5.32 Å². The Labute approximate surface area is 114 Å². The summed E-state index contributed by atoms with van der Waals surface area (Å²) >= 11 is 3.50. The second kappa shape index (κ2) is 6.55. The Morgan fingerprint density at radius 3 is 2.06 bits per heavy atom. The fourth-order valence-corrected chi connectivity index (χ4v) is 2.48. The van der Waals surface area contributed by atoms with Crippen molar-refractivity contribution in [1.82, 2.24) is 5.32 Å². The molecule has 2 heteroatoms. The minimum absolute atomic E-state index is 0.269. The Hall–Kier alpha value is -0.340.